The lowest BCUT2D eigenvalue weighted by atomic mass is 10.1. The van der Waals surface area contributed by atoms with Crippen LogP contribution in [-0.4, -0.2) is 75.0 Å². The van der Waals surface area contributed by atoms with Crippen molar-refractivity contribution in [1.82, 2.24) is 29.8 Å². The molecule has 1 aromatic carbocycles. The highest BCUT2D eigenvalue weighted by Gasteiger charge is 2.44. The molecule has 0 aliphatic carbocycles. The van der Waals surface area contributed by atoms with E-state index in [9.17, 15) is 25.4 Å². The van der Waals surface area contributed by atoms with Gasteiger partial charge in [-0.3, -0.25) is 14.7 Å². The first-order chi connectivity index (χ1) is 15.4. The van der Waals surface area contributed by atoms with E-state index in [-0.39, 0.29) is 28.3 Å². The van der Waals surface area contributed by atoms with E-state index >= 15 is 0 Å². The van der Waals surface area contributed by atoms with Gasteiger partial charge in [-0.15, -0.1) is 0 Å². The van der Waals surface area contributed by atoms with Gasteiger partial charge in [0.25, 0.3) is 0 Å². The average Bonchev–Trinajstić information content (AvgIpc) is 3.47. The number of fused-ring (bicyclic) bond motifs is 2. The number of ether oxygens (including phenoxy) is 1. The average molecular weight is 462 g/mol. The first-order valence-electron chi connectivity index (χ1n) is 9.09. The summed E-state index contributed by atoms with van der Waals surface area (Å²) in [6.45, 7) is -0.485. The van der Waals surface area contributed by atoms with Crippen LogP contribution in [0.1, 0.15) is 6.23 Å². The fourth-order valence-corrected chi connectivity index (χ4v) is 4.39. The second kappa shape index (κ2) is 7.61. The number of aliphatic hydroxyl groups excluding tert-OH is 3. The number of nitrogens with two attached hydrogens (primary N) is 1. The molecule has 0 spiro atoms. The van der Waals surface area contributed by atoms with Crippen LogP contribution < -0.4 is 5.73 Å². The third kappa shape index (κ3) is 3.12. The zero-order chi connectivity index (χ0) is 22.6. The van der Waals surface area contributed by atoms with E-state index in [0.29, 0.717) is 15.4 Å². The van der Waals surface area contributed by atoms with Crippen molar-refractivity contribution < 1.29 is 29.6 Å². The molecule has 5 rings (SSSR count). The summed E-state index contributed by atoms with van der Waals surface area (Å²) in [4.78, 5) is 23.7. The van der Waals surface area contributed by atoms with E-state index in [0.717, 1.165) is 11.8 Å². The second-order valence-corrected chi connectivity index (χ2v) is 7.87. The number of benzene rings is 1. The van der Waals surface area contributed by atoms with Gasteiger partial charge in [0.05, 0.1) is 17.9 Å². The van der Waals surface area contributed by atoms with Crippen LogP contribution in [0, 0.1) is 10.1 Å². The number of imidazole rings is 1. The molecule has 32 heavy (non-hydrogen) atoms. The topological polar surface area (TPSA) is 222 Å². The van der Waals surface area contributed by atoms with Crippen molar-refractivity contribution >= 4 is 45.6 Å². The summed E-state index contributed by atoms with van der Waals surface area (Å²) in [5, 5.41) is 48.6. The van der Waals surface area contributed by atoms with Gasteiger partial charge in [-0.1, -0.05) is 11.8 Å². The summed E-state index contributed by atoms with van der Waals surface area (Å²) in [5.41, 5.74) is 6.27. The highest BCUT2D eigenvalue weighted by molar-refractivity contribution is 7.99. The molecule has 0 unspecified atom stereocenters. The van der Waals surface area contributed by atoms with E-state index < -0.39 is 36.1 Å². The Morgan fingerprint density at radius 1 is 1.19 bits per heavy atom. The number of hydrogen-bond donors (Lipinski definition) is 4. The number of nitrogens with zero attached hydrogens (tertiary/aromatic N) is 7. The zero-order valence-electron chi connectivity index (χ0n) is 15.8. The Bertz CT molecular complexity index is 1340. The lowest BCUT2D eigenvalue weighted by Crippen LogP contribution is -2.33. The van der Waals surface area contributed by atoms with Crippen molar-refractivity contribution in [1.29, 1.82) is 0 Å². The molecule has 4 aromatic rings. The molecule has 1 aliphatic heterocycles. The standard InChI is InChI=1S/C16H14N8O7S/c17-16-19-13-10(18-4-23(13)15-12(27)11(26)6(3-25)30-15)14(20-16)32-7-2-1-5(24(28)29)8-9(7)22-31-21-8/h1-2,4,6,11-12,15,25-27H,3H2,(H2,17,19,20)/t6-,11+,12-,15-/m0/s1. The largest absolute Gasteiger partial charge is 0.394 e. The smallest absolute Gasteiger partial charge is 0.300 e. The van der Waals surface area contributed by atoms with Gasteiger partial charge in [0.2, 0.25) is 11.5 Å². The van der Waals surface area contributed by atoms with E-state index in [2.05, 4.69) is 29.9 Å². The van der Waals surface area contributed by atoms with Gasteiger partial charge in [-0.2, -0.15) is 4.98 Å². The van der Waals surface area contributed by atoms with Crippen molar-refractivity contribution in [2.45, 2.75) is 34.5 Å². The van der Waals surface area contributed by atoms with E-state index in [4.69, 9.17) is 10.5 Å². The summed E-state index contributed by atoms with van der Waals surface area (Å²) in [6, 6.07) is 2.75. The van der Waals surface area contributed by atoms with Gasteiger partial charge in [-0.05, 0) is 16.4 Å². The number of hydrogen-bond acceptors (Lipinski definition) is 14. The third-order valence-corrected chi connectivity index (χ3v) is 5.99. The molecule has 0 saturated carbocycles. The molecule has 0 radical (unpaired) electrons. The number of aliphatic hydroxyl groups is 3. The lowest BCUT2D eigenvalue weighted by molar-refractivity contribution is -0.383. The van der Waals surface area contributed by atoms with Crippen LogP contribution in [0.2, 0.25) is 0 Å². The Labute approximate surface area is 180 Å². The fraction of sp³-hybridized carbons (Fsp3) is 0.312. The van der Waals surface area contributed by atoms with Gasteiger partial charge in [-0.25, -0.2) is 14.6 Å². The summed E-state index contributed by atoms with van der Waals surface area (Å²) < 4.78 is 11.6. The molecule has 4 heterocycles. The fourth-order valence-electron chi connectivity index (χ4n) is 3.44. The molecule has 1 fully saturated rings. The molecule has 4 atom stereocenters. The van der Waals surface area contributed by atoms with E-state index in [1.54, 1.807) is 0 Å². The second-order valence-electron chi connectivity index (χ2n) is 6.84. The van der Waals surface area contributed by atoms with E-state index in [1.807, 2.05) is 0 Å². The SMILES string of the molecule is Nc1nc(Sc2ccc([N+](=O)[O-])c3nonc23)c2ncn([C@H]3O[C@@H](CO)[C@@H](O)[C@@H]3O)c2n1. The zero-order valence-corrected chi connectivity index (χ0v) is 16.7. The number of nitro groups is 1. The minimum absolute atomic E-state index is 0.0182. The van der Waals surface area contributed by atoms with Crippen LogP contribution in [0.15, 0.2) is 33.0 Å². The van der Waals surface area contributed by atoms with Crippen molar-refractivity contribution in [2.24, 2.45) is 0 Å². The summed E-state index contributed by atoms with van der Waals surface area (Å²) in [6.07, 6.45) is -3.35. The molecular weight excluding hydrogens is 448 g/mol. The van der Waals surface area contributed by atoms with Crippen LogP contribution in [0.5, 0.6) is 0 Å². The Hall–Kier alpha value is -3.44. The monoisotopic (exact) mass is 462 g/mol. The maximum atomic E-state index is 11.2. The molecule has 15 nitrogen and oxygen atoms in total. The Kier molecular flexibility index (Phi) is 4.86. The van der Waals surface area contributed by atoms with Gasteiger partial charge in [0.15, 0.2) is 17.4 Å². The number of non-ortho nitro benzene ring substituents is 1. The lowest BCUT2D eigenvalue weighted by Gasteiger charge is -2.16. The highest BCUT2D eigenvalue weighted by atomic mass is 32.2. The molecule has 3 aromatic heterocycles. The van der Waals surface area contributed by atoms with Crippen LogP contribution in [0.3, 0.4) is 0 Å². The Morgan fingerprint density at radius 2 is 1.97 bits per heavy atom. The van der Waals surface area contributed by atoms with Crippen LogP contribution >= 0.6 is 11.8 Å². The normalized spacial score (nSPS) is 23.3. The highest BCUT2D eigenvalue weighted by Crippen LogP contribution is 2.38. The molecule has 0 bridgehead atoms. The number of nitro benzene ring substituents is 1. The Morgan fingerprint density at radius 3 is 2.69 bits per heavy atom. The van der Waals surface area contributed by atoms with Gasteiger partial charge >= 0.3 is 5.69 Å². The van der Waals surface area contributed by atoms with Crippen molar-refractivity contribution in [3.05, 3.63) is 28.6 Å². The number of aromatic nitrogens is 6. The quantitative estimate of drug-likeness (QED) is 0.169. The van der Waals surface area contributed by atoms with Crippen LogP contribution in [0.4, 0.5) is 11.6 Å². The number of anilines is 1. The molecule has 5 N–H and O–H groups in total. The van der Waals surface area contributed by atoms with Crippen molar-refractivity contribution in [3.63, 3.8) is 0 Å². The Balaban J connectivity index is 1.57. The maximum absolute atomic E-state index is 11.2. The molecule has 166 valence electrons. The van der Waals surface area contributed by atoms with Crippen molar-refractivity contribution in [2.75, 3.05) is 12.3 Å². The predicted molar refractivity (Wildman–Crippen MR) is 105 cm³/mol. The molecule has 1 aliphatic rings. The maximum Gasteiger partial charge on any atom is 0.300 e. The third-order valence-electron chi connectivity index (χ3n) is 4.96. The predicted octanol–water partition coefficient (Wildman–Crippen LogP) is -0.384. The van der Waals surface area contributed by atoms with Crippen LogP contribution in [0.25, 0.3) is 22.2 Å². The first kappa shape index (κ1) is 20.5. The molecule has 16 heteroatoms. The molecular formula is C16H14N8O7S. The summed E-state index contributed by atoms with van der Waals surface area (Å²) >= 11 is 1.06. The first-order valence-corrected chi connectivity index (χ1v) is 9.90. The minimum atomic E-state index is -1.34. The van der Waals surface area contributed by atoms with Gasteiger partial charge in [0, 0.05) is 11.0 Å². The van der Waals surface area contributed by atoms with Crippen molar-refractivity contribution in [3.8, 4) is 0 Å². The van der Waals surface area contributed by atoms with Gasteiger partial charge in [0.1, 0.15) is 28.9 Å². The van der Waals surface area contributed by atoms with E-state index in [1.165, 1.54) is 23.0 Å². The number of nitrogen functional groups attached to an aromatic ring is 1. The molecule has 1 saturated heterocycles. The number of rotatable bonds is 5. The summed E-state index contributed by atoms with van der Waals surface area (Å²) in [5.74, 6) is -0.107. The summed E-state index contributed by atoms with van der Waals surface area (Å²) in [7, 11) is 0. The molecule has 0 amide bonds. The van der Waals surface area contributed by atoms with Crippen LogP contribution in [-0.2, 0) is 4.74 Å². The van der Waals surface area contributed by atoms with Gasteiger partial charge < -0.3 is 25.8 Å². The minimum Gasteiger partial charge on any atom is -0.394 e.